The standard InChI is InChI=1S/C13H12Cl2N2O/c1-8-12(15)16-9(2)17-13(8)18-7-10-4-3-5-11(14)6-10/h3-6H,7H2,1-2H3. The van der Waals surface area contributed by atoms with Crippen molar-refractivity contribution in [2.24, 2.45) is 0 Å². The van der Waals surface area contributed by atoms with Gasteiger partial charge in [-0.1, -0.05) is 35.3 Å². The normalized spacial score (nSPS) is 10.4. The van der Waals surface area contributed by atoms with Crippen molar-refractivity contribution >= 4 is 23.2 Å². The van der Waals surface area contributed by atoms with Gasteiger partial charge in [-0.2, -0.15) is 4.98 Å². The van der Waals surface area contributed by atoms with Crippen molar-refractivity contribution in [3.63, 3.8) is 0 Å². The topological polar surface area (TPSA) is 35.0 Å². The maximum Gasteiger partial charge on any atom is 0.221 e. The van der Waals surface area contributed by atoms with Gasteiger partial charge in [-0.3, -0.25) is 0 Å². The van der Waals surface area contributed by atoms with E-state index in [1.807, 2.05) is 31.2 Å². The zero-order chi connectivity index (χ0) is 13.1. The maximum atomic E-state index is 5.97. The molecule has 0 atom stereocenters. The fourth-order valence-electron chi connectivity index (χ4n) is 1.49. The first kappa shape index (κ1) is 13.1. The number of benzene rings is 1. The van der Waals surface area contributed by atoms with Crippen LogP contribution in [0.5, 0.6) is 5.88 Å². The van der Waals surface area contributed by atoms with Crippen LogP contribution in [0.25, 0.3) is 0 Å². The molecule has 0 bridgehead atoms. The van der Waals surface area contributed by atoms with Crippen LogP contribution in [0.15, 0.2) is 24.3 Å². The summed E-state index contributed by atoms with van der Waals surface area (Å²) in [7, 11) is 0. The number of ether oxygens (including phenoxy) is 1. The first-order chi connectivity index (χ1) is 8.56. The average Bonchev–Trinajstić information content (AvgIpc) is 2.32. The molecule has 0 saturated carbocycles. The number of nitrogens with zero attached hydrogens (tertiary/aromatic N) is 2. The average molecular weight is 283 g/mol. The smallest absolute Gasteiger partial charge is 0.221 e. The molecule has 0 amide bonds. The number of aryl methyl sites for hydroxylation is 1. The van der Waals surface area contributed by atoms with Gasteiger partial charge in [-0.05, 0) is 31.5 Å². The molecule has 18 heavy (non-hydrogen) atoms. The second-order valence-electron chi connectivity index (χ2n) is 3.91. The molecule has 94 valence electrons. The van der Waals surface area contributed by atoms with Gasteiger partial charge in [-0.15, -0.1) is 0 Å². The molecule has 0 N–H and O–H groups in total. The lowest BCUT2D eigenvalue weighted by atomic mass is 10.2. The van der Waals surface area contributed by atoms with Crippen LogP contribution in [-0.2, 0) is 6.61 Å². The van der Waals surface area contributed by atoms with E-state index in [1.165, 1.54) is 0 Å². The summed E-state index contributed by atoms with van der Waals surface area (Å²) in [6, 6.07) is 7.50. The van der Waals surface area contributed by atoms with E-state index in [4.69, 9.17) is 27.9 Å². The minimum absolute atomic E-state index is 0.397. The van der Waals surface area contributed by atoms with Gasteiger partial charge in [0.1, 0.15) is 17.6 Å². The summed E-state index contributed by atoms with van der Waals surface area (Å²) in [4.78, 5) is 8.28. The number of hydrogen-bond acceptors (Lipinski definition) is 3. The summed E-state index contributed by atoms with van der Waals surface area (Å²) in [6.45, 7) is 4.00. The third-order valence-corrected chi connectivity index (χ3v) is 3.02. The predicted octanol–water partition coefficient (Wildman–Crippen LogP) is 3.98. The minimum atomic E-state index is 0.397. The van der Waals surface area contributed by atoms with Crippen LogP contribution in [0.1, 0.15) is 17.0 Å². The summed E-state index contributed by atoms with van der Waals surface area (Å²) in [5.41, 5.74) is 1.72. The summed E-state index contributed by atoms with van der Waals surface area (Å²) in [6.07, 6.45) is 0. The molecule has 2 rings (SSSR count). The molecule has 1 heterocycles. The Morgan fingerprint density at radius 3 is 2.67 bits per heavy atom. The summed E-state index contributed by atoms with van der Waals surface area (Å²) in [5, 5.41) is 1.10. The van der Waals surface area contributed by atoms with Crippen molar-refractivity contribution in [1.29, 1.82) is 0 Å². The molecule has 0 radical (unpaired) electrons. The third kappa shape index (κ3) is 3.12. The van der Waals surface area contributed by atoms with Gasteiger partial charge < -0.3 is 4.74 Å². The SMILES string of the molecule is Cc1nc(Cl)c(C)c(OCc2cccc(Cl)c2)n1. The van der Waals surface area contributed by atoms with E-state index < -0.39 is 0 Å². The first-order valence-electron chi connectivity index (χ1n) is 5.44. The number of rotatable bonds is 3. The van der Waals surface area contributed by atoms with Gasteiger partial charge in [0.2, 0.25) is 5.88 Å². The molecule has 3 nitrogen and oxygen atoms in total. The number of aromatic nitrogens is 2. The van der Waals surface area contributed by atoms with E-state index in [0.29, 0.717) is 28.5 Å². The monoisotopic (exact) mass is 282 g/mol. The predicted molar refractivity (Wildman–Crippen MR) is 72.3 cm³/mol. The summed E-state index contributed by atoms with van der Waals surface area (Å²) in [5.74, 6) is 1.10. The van der Waals surface area contributed by atoms with Crippen molar-refractivity contribution in [3.05, 3.63) is 51.4 Å². The Labute approximate surface area is 116 Å². The molecule has 0 aliphatic heterocycles. The highest BCUT2D eigenvalue weighted by atomic mass is 35.5. The molecule has 2 aromatic rings. The molecule has 0 saturated heterocycles. The molecule has 1 aromatic carbocycles. The fourth-order valence-corrected chi connectivity index (χ4v) is 1.90. The Kier molecular flexibility index (Phi) is 4.04. The second-order valence-corrected chi connectivity index (χ2v) is 4.70. The molecule has 1 aromatic heterocycles. The van der Waals surface area contributed by atoms with E-state index in [0.717, 1.165) is 11.1 Å². The van der Waals surface area contributed by atoms with Crippen LogP contribution < -0.4 is 4.74 Å². The minimum Gasteiger partial charge on any atom is -0.472 e. The Hall–Kier alpha value is -1.32. The lowest BCUT2D eigenvalue weighted by Gasteiger charge is -2.09. The molecule has 5 heteroatoms. The zero-order valence-corrected chi connectivity index (χ0v) is 11.6. The summed E-state index contributed by atoms with van der Waals surface area (Å²) >= 11 is 11.9. The molecular weight excluding hydrogens is 271 g/mol. The fraction of sp³-hybridized carbons (Fsp3) is 0.231. The number of hydrogen-bond donors (Lipinski definition) is 0. The van der Waals surface area contributed by atoms with Crippen LogP contribution in [0, 0.1) is 13.8 Å². The lowest BCUT2D eigenvalue weighted by molar-refractivity contribution is 0.290. The van der Waals surface area contributed by atoms with Crippen LogP contribution in [0.3, 0.4) is 0 Å². The molecule has 0 fully saturated rings. The van der Waals surface area contributed by atoms with Crippen LogP contribution >= 0.6 is 23.2 Å². The van der Waals surface area contributed by atoms with Gasteiger partial charge in [0.15, 0.2) is 0 Å². The van der Waals surface area contributed by atoms with Gasteiger partial charge >= 0.3 is 0 Å². The van der Waals surface area contributed by atoms with E-state index in [2.05, 4.69) is 9.97 Å². The lowest BCUT2D eigenvalue weighted by Crippen LogP contribution is -2.02. The van der Waals surface area contributed by atoms with Gasteiger partial charge in [0.25, 0.3) is 0 Å². The second kappa shape index (κ2) is 5.55. The van der Waals surface area contributed by atoms with Gasteiger partial charge in [0, 0.05) is 10.6 Å². The summed E-state index contributed by atoms with van der Waals surface area (Å²) < 4.78 is 5.65. The Morgan fingerprint density at radius 1 is 1.17 bits per heavy atom. The van der Waals surface area contributed by atoms with Crippen molar-refractivity contribution in [3.8, 4) is 5.88 Å². The van der Waals surface area contributed by atoms with Crippen molar-refractivity contribution < 1.29 is 4.74 Å². The van der Waals surface area contributed by atoms with Gasteiger partial charge in [-0.25, -0.2) is 4.98 Å². The van der Waals surface area contributed by atoms with Crippen molar-refractivity contribution in [1.82, 2.24) is 9.97 Å². The van der Waals surface area contributed by atoms with Crippen molar-refractivity contribution in [2.45, 2.75) is 20.5 Å². The molecule has 0 spiro atoms. The Balaban J connectivity index is 2.15. The molecular formula is C13H12Cl2N2O. The highest BCUT2D eigenvalue weighted by Gasteiger charge is 2.08. The van der Waals surface area contributed by atoms with E-state index in [9.17, 15) is 0 Å². The highest BCUT2D eigenvalue weighted by molar-refractivity contribution is 6.30. The quantitative estimate of drug-likeness (QED) is 0.799. The largest absolute Gasteiger partial charge is 0.472 e. The van der Waals surface area contributed by atoms with Crippen LogP contribution in [-0.4, -0.2) is 9.97 Å². The molecule has 0 aliphatic carbocycles. The third-order valence-electron chi connectivity index (χ3n) is 2.42. The maximum absolute atomic E-state index is 5.97. The van der Waals surface area contributed by atoms with E-state index in [-0.39, 0.29) is 0 Å². The van der Waals surface area contributed by atoms with Crippen LogP contribution in [0.2, 0.25) is 10.2 Å². The highest BCUT2D eigenvalue weighted by Crippen LogP contribution is 2.22. The van der Waals surface area contributed by atoms with Crippen molar-refractivity contribution in [2.75, 3.05) is 0 Å². The number of halogens is 2. The van der Waals surface area contributed by atoms with E-state index in [1.54, 1.807) is 6.92 Å². The zero-order valence-electron chi connectivity index (χ0n) is 10.1. The Bertz CT molecular complexity index is 573. The molecule has 0 unspecified atom stereocenters. The Morgan fingerprint density at radius 2 is 1.94 bits per heavy atom. The van der Waals surface area contributed by atoms with Crippen LogP contribution in [0.4, 0.5) is 0 Å². The van der Waals surface area contributed by atoms with Gasteiger partial charge in [0.05, 0.1) is 0 Å². The van der Waals surface area contributed by atoms with E-state index >= 15 is 0 Å². The molecule has 0 aliphatic rings. The first-order valence-corrected chi connectivity index (χ1v) is 6.20.